The van der Waals surface area contributed by atoms with Gasteiger partial charge in [-0.15, -0.1) is 0 Å². The van der Waals surface area contributed by atoms with Gasteiger partial charge in [-0.1, -0.05) is 93.7 Å². The number of carbonyl (C=O) groups is 1. The van der Waals surface area contributed by atoms with Crippen molar-refractivity contribution in [2.24, 2.45) is 5.41 Å². The van der Waals surface area contributed by atoms with Crippen LogP contribution < -0.4 is 0 Å². The Morgan fingerprint density at radius 1 is 1.15 bits per heavy atom. The van der Waals surface area contributed by atoms with Crippen molar-refractivity contribution >= 4 is 5.78 Å². The van der Waals surface area contributed by atoms with Gasteiger partial charge in [-0.2, -0.15) is 0 Å². The van der Waals surface area contributed by atoms with Crippen LogP contribution in [0, 0.1) is 5.41 Å². The van der Waals surface area contributed by atoms with Crippen molar-refractivity contribution in [3.8, 4) is 0 Å². The summed E-state index contributed by atoms with van der Waals surface area (Å²) in [5, 5.41) is 0. The van der Waals surface area contributed by atoms with Crippen LogP contribution in [-0.2, 0) is 9.53 Å². The van der Waals surface area contributed by atoms with Gasteiger partial charge in [0.2, 0.25) is 0 Å². The van der Waals surface area contributed by atoms with Gasteiger partial charge in [-0.05, 0) is 75.9 Å². The molecule has 0 unspecified atom stereocenters. The number of allylic oxidation sites excluding steroid dienone is 12. The zero-order chi connectivity index (χ0) is 25.6. The smallest absolute Gasteiger partial charge is 0.159 e. The first kappa shape index (κ1) is 29.9. The highest BCUT2D eigenvalue weighted by Crippen LogP contribution is 2.34. The summed E-state index contributed by atoms with van der Waals surface area (Å²) in [5.74, 6) is 1.12. The first-order chi connectivity index (χ1) is 16.2. The molecule has 0 radical (unpaired) electrons. The Morgan fingerprint density at radius 3 is 2.56 bits per heavy atom. The summed E-state index contributed by atoms with van der Waals surface area (Å²) in [4.78, 5) is 12.8. The highest BCUT2D eigenvalue weighted by molar-refractivity contribution is 5.96. The maximum absolute atomic E-state index is 12.8. The number of Topliss-reactive ketones (excluding diaryl/α,β-unsaturated/α-hetero) is 1. The Kier molecular flexibility index (Phi) is 13.9. The number of ether oxygens (including phenoxy) is 1. The third kappa shape index (κ3) is 10.9. The van der Waals surface area contributed by atoms with Crippen molar-refractivity contribution in [1.29, 1.82) is 0 Å². The lowest BCUT2D eigenvalue weighted by atomic mass is 9.82. The maximum atomic E-state index is 12.8. The highest BCUT2D eigenvalue weighted by Gasteiger charge is 2.19. The van der Waals surface area contributed by atoms with Gasteiger partial charge in [-0.3, -0.25) is 4.79 Å². The molecule has 0 saturated carbocycles. The molecule has 0 aliphatic heterocycles. The monoisotopic (exact) mass is 466 g/mol. The van der Waals surface area contributed by atoms with Crippen molar-refractivity contribution in [3.63, 3.8) is 0 Å². The Balaban J connectivity index is 0.00000281. The van der Waals surface area contributed by atoms with Crippen molar-refractivity contribution in [2.45, 2.75) is 113 Å². The van der Waals surface area contributed by atoms with Crippen molar-refractivity contribution in [3.05, 3.63) is 70.1 Å². The van der Waals surface area contributed by atoms with Crippen LogP contribution in [-0.4, -0.2) is 12.9 Å². The maximum Gasteiger partial charge on any atom is 0.159 e. The average molecular weight is 467 g/mol. The lowest BCUT2D eigenvalue weighted by Gasteiger charge is -2.24. The molecule has 0 aromatic heterocycles. The number of hydrogen-bond acceptors (Lipinski definition) is 2. The molecule has 0 aromatic carbocycles. The van der Waals surface area contributed by atoms with Gasteiger partial charge < -0.3 is 4.74 Å². The normalized spacial score (nSPS) is 22.2. The molecule has 2 rings (SSSR count). The summed E-state index contributed by atoms with van der Waals surface area (Å²) in [6.45, 7) is 15.2. The molecule has 2 aliphatic carbocycles. The molecule has 0 saturated heterocycles. The van der Waals surface area contributed by atoms with Crippen molar-refractivity contribution in [1.82, 2.24) is 0 Å². The van der Waals surface area contributed by atoms with Gasteiger partial charge in [0.25, 0.3) is 0 Å². The molecular formula is C32H50O2. The second kappa shape index (κ2) is 15.7. The second-order valence-corrected chi connectivity index (χ2v) is 10.2. The van der Waals surface area contributed by atoms with Gasteiger partial charge >= 0.3 is 0 Å². The first-order valence-electron chi connectivity index (χ1n) is 13.4. The Hall–Kier alpha value is -2.09. The van der Waals surface area contributed by atoms with Gasteiger partial charge in [0, 0.05) is 12.8 Å². The fourth-order valence-electron chi connectivity index (χ4n) is 4.57. The molecule has 0 bridgehead atoms. The summed E-state index contributed by atoms with van der Waals surface area (Å²) < 4.78 is 5.49. The lowest BCUT2D eigenvalue weighted by molar-refractivity contribution is -0.115. The van der Waals surface area contributed by atoms with E-state index in [-0.39, 0.29) is 5.78 Å². The van der Waals surface area contributed by atoms with Gasteiger partial charge in [0.15, 0.2) is 5.78 Å². The van der Waals surface area contributed by atoms with E-state index in [0.29, 0.717) is 18.3 Å². The topological polar surface area (TPSA) is 26.3 Å². The molecule has 0 spiro atoms. The minimum Gasteiger partial charge on any atom is -0.501 e. The van der Waals surface area contributed by atoms with Gasteiger partial charge in [0.1, 0.15) is 0 Å². The van der Waals surface area contributed by atoms with Crippen LogP contribution in [0.5, 0.6) is 0 Å². The van der Waals surface area contributed by atoms with Gasteiger partial charge in [0.05, 0.1) is 12.9 Å². The molecular weight excluding hydrogens is 416 g/mol. The first-order valence-corrected chi connectivity index (χ1v) is 13.4. The van der Waals surface area contributed by atoms with Crippen LogP contribution >= 0.6 is 0 Å². The molecule has 0 atom stereocenters. The summed E-state index contributed by atoms with van der Waals surface area (Å²) in [7, 11) is 1.69. The lowest BCUT2D eigenvalue weighted by Crippen LogP contribution is -2.10. The fourth-order valence-corrected chi connectivity index (χ4v) is 4.57. The van der Waals surface area contributed by atoms with E-state index < -0.39 is 0 Å². The van der Waals surface area contributed by atoms with Gasteiger partial charge in [-0.25, -0.2) is 0 Å². The number of methoxy groups -OCH3 is 1. The SMILES string of the molecule is CC.CC/C=C(C)\C=C(/CCC(=O)C1=CC=C(C/C2=C(C)/C=C\CC(C)(C)CCCC2)C1)OC. The summed E-state index contributed by atoms with van der Waals surface area (Å²) >= 11 is 0. The number of ketones is 1. The highest BCUT2D eigenvalue weighted by atomic mass is 16.5. The number of rotatable bonds is 9. The molecule has 0 N–H and O–H groups in total. The van der Waals surface area contributed by atoms with E-state index in [4.69, 9.17) is 4.74 Å². The minimum absolute atomic E-state index is 0.245. The van der Waals surface area contributed by atoms with E-state index in [1.165, 1.54) is 48.0 Å². The van der Waals surface area contributed by atoms with Crippen LogP contribution in [0.2, 0.25) is 0 Å². The zero-order valence-corrected chi connectivity index (χ0v) is 23.4. The molecule has 0 heterocycles. The Labute approximate surface area is 210 Å². The predicted octanol–water partition coefficient (Wildman–Crippen LogP) is 9.76. The van der Waals surface area contributed by atoms with Crippen LogP contribution in [0.3, 0.4) is 0 Å². The second-order valence-electron chi connectivity index (χ2n) is 10.2. The van der Waals surface area contributed by atoms with E-state index in [9.17, 15) is 4.79 Å². The van der Waals surface area contributed by atoms with Crippen LogP contribution in [0.4, 0.5) is 0 Å². The standard InChI is InChI=1S/C30H44O2.C2H6/c1-7-11-23(2)20-28(32-6)16-17-29(31)27-15-14-25(22-27)21-26-13-8-9-18-30(4,5)19-10-12-24(26)3;1-2/h10-12,14-15,20H,7-9,13,16-19,21-22H2,1-6H3;1-2H3/b12-10-,23-11-,26-24+,28-20+;. The largest absolute Gasteiger partial charge is 0.501 e. The van der Waals surface area contributed by atoms with E-state index in [1.54, 1.807) is 7.11 Å². The number of carbonyl (C=O) groups excluding carboxylic acids is 1. The third-order valence-corrected chi connectivity index (χ3v) is 6.69. The van der Waals surface area contributed by atoms with Crippen molar-refractivity contribution < 1.29 is 9.53 Å². The average Bonchev–Trinajstić information content (AvgIpc) is 3.28. The quantitative estimate of drug-likeness (QED) is 0.250. The Bertz CT molecular complexity index is 840. The predicted molar refractivity (Wildman–Crippen MR) is 149 cm³/mol. The molecule has 2 aliphatic rings. The van der Waals surface area contributed by atoms with E-state index in [0.717, 1.165) is 37.0 Å². The van der Waals surface area contributed by atoms with Crippen LogP contribution in [0.25, 0.3) is 0 Å². The molecule has 2 heteroatoms. The molecule has 2 nitrogen and oxygen atoms in total. The van der Waals surface area contributed by atoms with E-state index in [1.807, 2.05) is 26.0 Å². The summed E-state index contributed by atoms with van der Waals surface area (Å²) in [6, 6.07) is 0. The van der Waals surface area contributed by atoms with Crippen molar-refractivity contribution in [2.75, 3.05) is 7.11 Å². The molecule has 34 heavy (non-hydrogen) atoms. The summed E-state index contributed by atoms with van der Waals surface area (Å²) in [6.07, 6.45) is 23.2. The number of hydrogen-bond donors (Lipinski definition) is 0. The molecule has 0 amide bonds. The third-order valence-electron chi connectivity index (χ3n) is 6.69. The van der Waals surface area contributed by atoms with Crippen LogP contribution in [0.15, 0.2) is 70.1 Å². The van der Waals surface area contributed by atoms with E-state index >= 15 is 0 Å². The molecule has 190 valence electrons. The van der Waals surface area contributed by atoms with Crippen LogP contribution in [0.1, 0.15) is 113 Å². The summed E-state index contributed by atoms with van der Waals surface area (Å²) in [5.41, 5.74) is 6.87. The Morgan fingerprint density at radius 2 is 1.88 bits per heavy atom. The molecule has 0 fully saturated rings. The fraction of sp³-hybridized carbons (Fsp3) is 0.594. The molecule has 0 aromatic rings. The van der Waals surface area contributed by atoms with E-state index in [2.05, 4.69) is 58.9 Å². The zero-order valence-electron chi connectivity index (χ0n) is 23.4. The minimum atomic E-state index is 0.245.